The highest BCUT2D eigenvalue weighted by atomic mass is 19.1. The molecule has 2 fully saturated rings. The third-order valence-corrected chi connectivity index (χ3v) is 5.91. The first-order chi connectivity index (χ1) is 16.7. The maximum atomic E-state index is 13.2. The second kappa shape index (κ2) is 11.5. The van der Waals surface area contributed by atoms with Gasteiger partial charge in [0.15, 0.2) is 0 Å². The summed E-state index contributed by atoms with van der Waals surface area (Å²) in [5.41, 5.74) is 2.47. The van der Waals surface area contributed by atoms with Gasteiger partial charge in [0.05, 0.1) is 23.1 Å². The van der Waals surface area contributed by atoms with Gasteiger partial charge in [-0.3, -0.25) is 14.9 Å². The highest BCUT2D eigenvalue weighted by Gasteiger charge is 2.21. The van der Waals surface area contributed by atoms with Gasteiger partial charge in [0, 0.05) is 56.8 Å². The molecule has 1 unspecified atom stereocenters. The molecule has 1 atom stereocenters. The standard InChI is InChI=1S/C25H28FN7O/c1-28-23(20-14-19(15-27)25(31-16-20)33-9-2-3-10-33)6-8-29-22-4-5-24(30-17-22)34-13-12-32-11-7-21(26)18-32/h4-6,8,14,16-17,21H,1-3,7,9-13,18H2/b23-6-,29-8?. The smallest absolute Gasteiger partial charge is 0.213 e. The van der Waals surface area contributed by atoms with Crippen LogP contribution in [0.4, 0.5) is 15.9 Å². The molecular weight excluding hydrogens is 433 g/mol. The van der Waals surface area contributed by atoms with E-state index >= 15 is 0 Å². The fourth-order valence-electron chi connectivity index (χ4n) is 4.10. The summed E-state index contributed by atoms with van der Waals surface area (Å²) in [5.74, 6) is 1.23. The van der Waals surface area contributed by atoms with Crippen LogP contribution < -0.4 is 9.64 Å². The molecule has 4 heterocycles. The fraction of sp³-hybridized carbons (Fsp3) is 0.400. The number of aromatic nitrogens is 2. The van der Waals surface area contributed by atoms with Crippen molar-refractivity contribution in [3.8, 4) is 11.9 Å². The topological polar surface area (TPSA) is 90.0 Å². The van der Waals surface area contributed by atoms with E-state index in [4.69, 9.17) is 4.74 Å². The minimum atomic E-state index is -0.722. The summed E-state index contributed by atoms with van der Waals surface area (Å²) in [5, 5.41) is 9.58. The number of halogens is 1. The molecule has 9 heteroatoms. The van der Waals surface area contributed by atoms with Crippen molar-refractivity contribution in [1.82, 2.24) is 14.9 Å². The summed E-state index contributed by atoms with van der Waals surface area (Å²) in [7, 11) is 0. The van der Waals surface area contributed by atoms with Crippen LogP contribution in [0.15, 0.2) is 46.7 Å². The Hall–Kier alpha value is -3.64. The van der Waals surface area contributed by atoms with Crippen molar-refractivity contribution in [2.24, 2.45) is 9.98 Å². The molecule has 34 heavy (non-hydrogen) atoms. The Bertz CT molecular complexity index is 1090. The van der Waals surface area contributed by atoms with E-state index in [1.54, 1.807) is 42.9 Å². The number of nitrogens with zero attached hydrogens (tertiary/aromatic N) is 7. The van der Waals surface area contributed by atoms with Crippen molar-refractivity contribution in [3.05, 3.63) is 47.8 Å². The number of aliphatic imine (C=N–C) groups is 2. The van der Waals surface area contributed by atoms with E-state index in [2.05, 4.69) is 42.5 Å². The lowest BCUT2D eigenvalue weighted by molar-refractivity contribution is 0.220. The van der Waals surface area contributed by atoms with E-state index < -0.39 is 6.17 Å². The first kappa shape index (κ1) is 23.5. The quantitative estimate of drug-likeness (QED) is 0.528. The Labute approximate surface area is 199 Å². The van der Waals surface area contributed by atoms with E-state index in [1.165, 1.54) is 0 Å². The molecule has 0 N–H and O–H groups in total. The van der Waals surface area contributed by atoms with Crippen molar-refractivity contribution in [3.63, 3.8) is 0 Å². The lowest BCUT2D eigenvalue weighted by Gasteiger charge is -2.17. The van der Waals surface area contributed by atoms with Gasteiger partial charge in [0.1, 0.15) is 24.7 Å². The van der Waals surface area contributed by atoms with Crippen LogP contribution in [-0.4, -0.2) is 73.3 Å². The Morgan fingerprint density at radius 1 is 1.26 bits per heavy atom. The maximum absolute atomic E-state index is 13.2. The minimum absolute atomic E-state index is 0.467. The summed E-state index contributed by atoms with van der Waals surface area (Å²) in [4.78, 5) is 21.4. The number of anilines is 1. The second-order valence-corrected chi connectivity index (χ2v) is 8.28. The van der Waals surface area contributed by atoms with Crippen LogP contribution in [0.5, 0.6) is 5.88 Å². The van der Waals surface area contributed by atoms with Gasteiger partial charge < -0.3 is 9.64 Å². The van der Waals surface area contributed by atoms with Crippen LogP contribution in [0.1, 0.15) is 30.4 Å². The molecule has 4 rings (SSSR count). The molecule has 0 saturated carbocycles. The molecule has 176 valence electrons. The monoisotopic (exact) mass is 461 g/mol. The molecule has 0 radical (unpaired) electrons. The van der Waals surface area contributed by atoms with Gasteiger partial charge in [-0.1, -0.05) is 0 Å². The van der Waals surface area contributed by atoms with Crippen LogP contribution >= 0.6 is 0 Å². The number of hydrogen-bond donors (Lipinski definition) is 0. The number of hydrogen-bond acceptors (Lipinski definition) is 8. The number of alkyl halides is 1. The molecular formula is C25H28FN7O. The number of rotatable bonds is 9. The zero-order valence-corrected chi connectivity index (χ0v) is 19.1. The number of likely N-dealkylation sites (tertiary alicyclic amines) is 1. The van der Waals surface area contributed by atoms with Gasteiger partial charge in [-0.05, 0) is 44.2 Å². The summed E-state index contributed by atoms with van der Waals surface area (Å²) in [6.45, 7) is 7.89. The van der Waals surface area contributed by atoms with Crippen molar-refractivity contribution in [2.45, 2.75) is 25.4 Å². The third-order valence-electron chi connectivity index (χ3n) is 5.91. The first-order valence-electron chi connectivity index (χ1n) is 11.5. The number of pyridine rings is 2. The summed E-state index contributed by atoms with van der Waals surface area (Å²) < 4.78 is 18.9. The zero-order valence-electron chi connectivity index (χ0n) is 19.1. The number of allylic oxidation sites excluding steroid dienone is 1. The Morgan fingerprint density at radius 3 is 2.79 bits per heavy atom. The van der Waals surface area contributed by atoms with E-state index in [1.807, 2.05) is 0 Å². The van der Waals surface area contributed by atoms with Gasteiger partial charge in [0.25, 0.3) is 0 Å². The average Bonchev–Trinajstić information content (AvgIpc) is 3.54. The number of ether oxygens (including phenoxy) is 1. The Kier molecular flexibility index (Phi) is 7.94. The Balaban J connectivity index is 1.35. The van der Waals surface area contributed by atoms with E-state index in [-0.39, 0.29) is 0 Å². The molecule has 0 spiro atoms. The molecule has 0 aromatic carbocycles. The van der Waals surface area contributed by atoms with Crippen LogP contribution in [0.2, 0.25) is 0 Å². The van der Waals surface area contributed by atoms with Gasteiger partial charge in [-0.25, -0.2) is 14.4 Å². The van der Waals surface area contributed by atoms with Crippen LogP contribution in [0.3, 0.4) is 0 Å². The molecule has 0 aliphatic carbocycles. The lowest BCUT2D eigenvalue weighted by Crippen LogP contribution is -2.26. The molecule has 2 aliphatic rings. The molecule has 0 bridgehead atoms. The summed E-state index contributed by atoms with van der Waals surface area (Å²) >= 11 is 0. The van der Waals surface area contributed by atoms with Gasteiger partial charge in [0.2, 0.25) is 5.88 Å². The van der Waals surface area contributed by atoms with Crippen molar-refractivity contribution in [1.29, 1.82) is 5.26 Å². The molecule has 2 aliphatic heterocycles. The molecule has 0 amide bonds. The van der Waals surface area contributed by atoms with E-state index in [0.29, 0.717) is 54.5 Å². The lowest BCUT2D eigenvalue weighted by atomic mass is 10.1. The van der Waals surface area contributed by atoms with Crippen LogP contribution in [0, 0.1) is 11.3 Å². The van der Waals surface area contributed by atoms with E-state index in [0.717, 1.165) is 38.3 Å². The highest BCUT2D eigenvalue weighted by molar-refractivity contribution is 5.86. The van der Waals surface area contributed by atoms with Crippen molar-refractivity contribution in [2.75, 3.05) is 44.2 Å². The van der Waals surface area contributed by atoms with Crippen LogP contribution in [0.25, 0.3) is 5.70 Å². The van der Waals surface area contributed by atoms with E-state index in [9.17, 15) is 9.65 Å². The summed E-state index contributed by atoms with van der Waals surface area (Å²) in [6.07, 6.45) is 8.78. The van der Waals surface area contributed by atoms with Gasteiger partial charge in [-0.2, -0.15) is 5.26 Å². The molecule has 2 aromatic rings. The predicted octanol–water partition coefficient (Wildman–Crippen LogP) is 3.82. The molecule has 8 nitrogen and oxygen atoms in total. The normalized spacial score (nSPS) is 19.0. The number of nitriles is 1. The van der Waals surface area contributed by atoms with Gasteiger partial charge in [-0.15, -0.1) is 0 Å². The van der Waals surface area contributed by atoms with Gasteiger partial charge >= 0.3 is 0 Å². The predicted molar refractivity (Wildman–Crippen MR) is 132 cm³/mol. The highest BCUT2D eigenvalue weighted by Crippen LogP contribution is 2.25. The Morgan fingerprint density at radius 2 is 2.12 bits per heavy atom. The van der Waals surface area contributed by atoms with Crippen LogP contribution in [-0.2, 0) is 0 Å². The molecule has 2 aromatic heterocycles. The second-order valence-electron chi connectivity index (χ2n) is 8.28. The SMILES string of the molecule is C=N/C(=C\C=Nc1ccc(OCCN2CCC(F)C2)nc1)c1cnc(N2CCCC2)c(C#N)c1. The minimum Gasteiger partial charge on any atom is -0.476 e. The third kappa shape index (κ3) is 6.02. The average molecular weight is 462 g/mol. The fourth-order valence-corrected chi connectivity index (χ4v) is 4.10. The first-order valence-corrected chi connectivity index (χ1v) is 11.5. The maximum Gasteiger partial charge on any atom is 0.213 e. The van der Waals surface area contributed by atoms with Crippen molar-refractivity contribution >= 4 is 30.1 Å². The summed E-state index contributed by atoms with van der Waals surface area (Å²) in [6, 6.07) is 7.60. The molecule has 2 saturated heterocycles. The van der Waals surface area contributed by atoms with Crippen molar-refractivity contribution < 1.29 is 9.13 Å². The zero-order chi connectivity index (χ0) is 23.8. The largest absolute Gasteiger partial charge is 0.476 e.